The number of ether oxygens (including phenoxy) is 2. The zero-order chi connectivity index (χ0) is 17.0. The smallest absolute Gasteiger partial charge is 0.239 e. The zero-order valence-corrected chi connectivity index (χ0v) is 14.1. The van der Waals surface area contributed by atoms with Crippen LogP contribution in [0.5, 0.6) is 11.5 Å². The van der Waals surface area contributed by atoms with Crippen molar-refractivity contribution in [2.75, 3.05) is 20.2 Å². The second-order valence-corrected chi connectivity index (χ2v) is 5.79. The van der Waals surface area contributed by atoms with Gasteiger partial charge in [0.25, 0.3) is 0 Å². The summed E-state index contributed by atoms with van der Waals surface area (Å²) in [5, 5.41) is 2.82. The highest BCUT2D eigenvalue weighted by Crippen LogP contribution is 2.35. The van der Waals surface area contributed by atoms with Crippen LogP contribution in [0.4, 0.5) is 0 Å². The highest BCUT2D eigenvalue weighted by Gasteiger charge is 2.22. The molecule has 0 fully saturated rings. The number of nitrogens with one attached hydrogen (secondary N) is 1. The lowest BCUT2D eigenvalue weighted by molar-refractivity contribution is -0.133. The first kappa shape index (κ1) is 17.1. The topological polar surface area (TPSA) is 67.9 Å². The minimum Gasteiger partial charge on any atom is -0.494 e. The van der Waals surface area contributed by atoms with E-state index in [-0.39, 0.29) is 24.5 Å². The number of hydrogen-bond donors (Lipinski definition) is 1. The molecule has 2 amide bonds. The molecule has 0 spiro atoms. The lowest BCUT2D eigenvalue weighted by Gasteiger charge is -2.16. The summed E-state index contributed by atoms with van der Waals surface area (Å²) in [6.45, 7) is 6.32. The van der Waals surface area contributed by atoms with Crippen LogP contribution in [-0.4, -0.2) is 43.0 Å². The van der Waals surface area contributed by atoms with Gasteiger partial charge in [0.05, 0.1) is 13.2 Å². The van der Waals surface area contributed by atoms with Crippen molar-refractivity contribution < 1.29 is 19.1 Å². The van der Waals surface area contributed by atoms with Gasteiger partial charge in [0.2, 0.25) is 11.8 Å². The van der Waals surface area contributed by atoms with Crippen molar-refractivity contribution in [3.05, 3.63) is 23.3 Å². The fraction of sp³-hybridized carbons (Fsp3) is 0.529. The van der Waals surface area contributed by atoms with E-state index in [4.69, 9.17) is 9.47 Å². The van der Waals surface area contributed by atoms with Crippen molar-refractivity contribution in [3.63, 3.8) is 0 Å². The Bertz CT molecular complexity index is 601. The number of rotatable bonds is 6. The molecule has 1 N–H and O–H groups in total. The quantitative estimate of drug-likeness (QED) is 0.862. The van der Waals surface area contributed by atoms with Crippen molar-refractivity contribution in [2.24, 2.45) is 0 Å². The molecule has 0 saturated carbocycles. The molecule has 0 radical (unpaired) electrons. The number of fused-ring (bicyclic) bond motifs is 1. The summed E-state index contributed by atoms with van der Waals surface area (Å²) in [5.74, 6) is 1.27. The molecule has 1 heterocycles. The first-order chi connectivity index (χ1) is 10.9. The SMILES string of the molecule is CCOc1cc2c(cc1CNC(=O)CN(C)C(C)=O)O[C@@H](C)C2. The fourth-order valence-corrected chi connectivity index (χ4v) is 2.49. The van der Waals surface area contributed by atoms with Crippen LogP contribution < -0.4 is 14.8 Å². The summed E-state index contributed by atoms with van der Waals surface area (Å²) in [6.07, 6.45) is 1.03. The number of likely N-dealkylation sites (N-methyl/N-ethyl adjacent to an activating group) is 1. The predicted molar refractivity (Wildman–Crippen MR) is 86.6 cm³/mol. The van der Waals surface area contributed by atoms with Gasteiger partial charge in [-0.25, -0.2) is 0 Å². The minimum atomic E-state index is -0.208. The van der Waals surface area contributed by atoms with E-state index in [2.05, 4.69) is 5.32 Å². The maximum atomic E-state index is 11.9. The number of carbonyl (C=O) groups is 2. The molecular weight excluding hydrogens is 296 g/mol. The summed E-state index contributed by atoms with van der Waals surface area (Å²) in [7, 11) is 1.60. The van der Waals surface area contributed by atoms with Gasteiger partial charge in [-0.3, -0.25) is 9.59 Å². The Kier molecular flexibility index (Phi) is 5.47. The van der Waals surface area contributed by atoms with Crippen molar-refractivity contribution in [3.8, 4) is 11.5 Å². The Morgan fingerprint density at radius 3 is 2.83 bits per heavy atom. The monoisotopic (exact) mass is 320 g/mol. The van der Waals surface area contributed by atoms with Gasteiger partial charge in [-0.1, -0.05) is 0 Å². The van der Waals surface area contributed by atoms with Crippen LogP contribution in [0.25, 0.3) is 0 Å². The minimum absolute atomic E-state index is 0.0395. The standard InChI is InChI=1S/C17H24N2O4/c1-5-22-15-7-13-6-11(2)23-16(13)8-14(15)9-18-17(21)10-19(4)12(3)20/h7-8,11H,5-6,9-10H2,1-4H3,(H,18,21)/t11-/m0/s1. The summed E-state index contributed by atoms with van der Waals surface area (Å²) in [5.41, 5.74) is 2.01. The second kappa shape index (κ2) is 7.35. The predicted octanol–water partition coefficient (Wildman–Crippen LogP) is 1.50. The average Bonchev–Trinajstić information content (AvgIpc) is 2.84. The van der Waals surface area contributed by atoms with E-state index in [0.717, 1.165) is 29.0 Å². The molecule has 0 aromatic heterocycles. The molecule has 0 saturated heterocycles. The Morgan fingerprint density at radius 2 is 2.17 bits per heavy atom. The van der Waals surface area contributed by atoms with Crippen LogP contribution >= 0.6 is 0 Å². The van der Waals surface area contributed by atoms with Crippen LogP contribution in [0, 0.1) is 0 Å². The Morgan fingerprint density at radius 1 is 1.43 bits per heavy atom. The first-order valence-corrected chi connectivity index (χ1v) is 7.84. The lowest BCUT2D eigenvalue weighted by atomic mass is 10.1. The Hall–Kier alpha value is -2.24. The summed E-state index contributed by atoms with van der Waals surface area (Å²) in [6, 6.07) is 3.92. The first-order valence-electron chi connectivity index (χ1n) is 7.84. The molecule has 126 valence electrons. The van der Waals surface area contributed by atoms with Gasteiger partial charge in [-0.05, 0) is 26.0 Å². The lowest BCUT2D eigenvalue weighted by Crippen LogP contribution is -2.37. The molecule has 1 aliphatic rings. The zero-order valence-electron chi connectivity index (χ0n) is 14.1. The van der Waals surface area contributed by atoms with Crippen molar-refractivity contribution in [1.82, 2.24) is 10.2 Å². The maximum absolute atomic E-state index is 11.9. The third kappa shape index (κ3) is 4.37. The van der Waals surface area contributed by atoms with E-state index < -0.39 is 0 Å². The normalized spacial score (nSPS) is 15.6. The van der Waals surface area contributed by atoms with Gasteiger partial charge in [-0.2, -0.15) is 0 Å². The number of hydrogen-bond acceptors (Lipinski definition) is 4. The number of amides is 2. The molecule has 0 unspecified atom stereocenters. The molecule has 6 nitrogen and oxygen atoms in total. The van der Waals surface area contributed by atoms with Gasteiger partial charge in [0, 0.05) is 38.1 Å². The van der Waals surface area contributed by atoms with Gasteiger partial charge < -0.3 is 19.7 Å². The Labute approximate surface area is 136 Å². The van der Waals surface area contributed by atoms with E-state index in [1.54, 1.807) is 7.05 Å². The van der Waals surface area contributed by atoms with E-state index in [9.17, 15) is 9.59 Å². The molecule has 6 heteroatoms. The van der Waals surface area contributed by atoms with E-state index in [0.29, 0.717) is 13.2 Å². The molecular formula is C17H24N2O4. The molecule has 2 rings (SSSR count). The molecule has 23 heavy (non-hydrogen) atoms. The largest absolute Gasteiger partial charge is 0.494 e. The van der Waals surface area contributed by atoms with Crippen LogP contribution in [0.2, 0.25) is 0 Å². The number of nitrogens with zero attached hydrogens (tertiary/aromatic N) is 1. The average molecular weight is 320 g/mol. The molecule has 1 atom stereocenters. The van der Waals surface area contributed by atoms with E-state index in [1.807, 2.05) is 26.0 Å². The van der Waals surface area contributed by atoms with Crippen molar-refractivity contribution in [1.29, 1.82) is 0 Å². The molecule has 1 aromatic carbocycles. The van der Waals surface area contributed by atoms with Crippen LogP contribution in [-0.2, 0) is 22.6 Å². The molecule has 1 aromatic rings. The van der Waals surface area contributed by atoms with Crippen LogP contribution in [0.3, 0.4) is 0 Å². The van der Waals surface area contributed by atoms with Gasteiger partial charge >= 0.3 is 0 Å². The molecule has 0 aliphatic carbocycles. The molecule has 1 aliphatic heterocycles. The van der Waals surface area contributed by atoms with E-state index >= 15 is 0 Å². The highest BCUT2D eigenvalue weighted by atomic mass is 16.5. The summed E-state index contributed by atoms with van der Waals surface area (Å²) < 4.78 is 11.4. The highest BCUT2D eigenvalue weighted by molar-refractivity contribution is 5.83. The van der Waals surface area contributed by atoms with Crippen LogP contribution in [0.1, 0.15) is 31.9 Å². The number of carbonyl (C=O) groups excluding carboxylic acids is 2. The van der Waals surface area contributed by atoms with Gasteiger partial charge in [0.15, 0.2) is 0 Å². The van der Waals surface area contributed by atoms with Gasteiger partial charge in [0.1, 0.15) is 17.6 Å². The summed E-state index contributed by atoms with van der Waals surface area (Å²) in [4.78, 5) is 24.4. The fourth-order valence-electron chi connectivity index (χ4n) is 2.49. The van der Waals surface area contributed by atoms with E-state index in [1.165, 1.54) is 11.8 Å². The van der Waals surface area contributed by atoms with Crippen molar-refractivity contribution in [2.45, 2.75) is 39.8 Å². The van der Waals surface area contributed by atoms with Crippen molar-refractivity contribution >= 4 is 11.8 Å². The second-order valence-electron chi connectivity index (χ2n) is 5.79. The maximum Gasteiger partial charge on any atom is 0.239 e. The van der Waals surface area contributed by atoms with Crippen LogP contribution in [0.15, 0.2) is 12.1 Å². The third-order valence-corrected chi connectivity index (χ3v) is 3.77. The van der Waals surface area contributed by atoms with Gasteiger partial charge in [-0.15, -0.1) is 0 Å². The molecule has 0 bridgehead atoms. The third-order valence-electron chi connectivity index (χ3n) is 3.77. The summed E-state index contributed by atoms with van der Waals surface area (Å²) >= 11 is 0. The number of benzene rings is 1. The Balaban J connectivity index is 2.05.